The summed E-state index contributed by atoms with van der Waals surface area (Å²) < 4.78 is 38.1. The van der Waals surface area contributed by atoms with Crippen molar-refractivity contribution in [1.29, 1.82) is 0 Å². The molecule has 0 amide bonds. The van der Waals surface area contributed by atoms with E-state index in [1.807, 2.05) is 7.05 Å². The van der Waals surface area contributed by atoms with Crippen LogP contribution in [0.4, 0.5) is 0 Å². The highest BCUT2D eigenvalue weighted by atomic mass is 79.9. The Bertz CT molecular complexity index is 636. The summed E-state index contributed by atoms with van der Waals surface area (Å²) in [6.07, 6.45) is 0.866. The summed E-state index contributed by atoms with van der Waals surface area (Å²) in [6.45, 7) is 1.89. The van der Waals surface area contributed by atoms with Crippen LogP contribution in [0.3, 0.4) is 0 Å². The summed E-state index contributed by atoms with van der Waals surface area (Å²) in [6, 6.07) is 3.12. The van der Waals surface area contributed by atoms with Gasteiger partial charge in [-0.1, -0.05) is 0 Å². The minimum absolute atomic E-state index is 0.204. The van der Waals surface area contributed by atoms with Crippen molar-refractivity contribution < 1.29 is 17.9 Å². The van der Waals surface area contributed by atoms with E-state index in [-0.39, 0.29) is 4.90 Å². The molecule has 1 heterocycles. The third kappa shape index (κ3) is 3.40. The van der Waals surface area contributed by atoms with E-state index in [0.717, 1.165) is 13.0 Å². The number of sulfonamides is 1. The Balaban J connectivity index is 2.34. The number of ether oxygens (including phenoxy) is 2. The lowest BCUT2D eigenvalue weighted by Gasteiger charge is -2.19. The van der Waals surface area contributed by atoms with Gasteiger partial charge in [0.05, 0.1) is 14.2 Å². The summed E-state index contributed by atoms with van der Waals surface area (Å²) in [5, 5.41) is 3.10. The van der Waals surface area contributed by atoms with Crippen molar-refractivity contribution in [3.63, 3.8) is 0 Å². The molecule has 0 aliphatic carbocycles. The fourth-order valence-corrected chi connectivity index (χ4v) is 5.17. The number of rotatable bonds is 6. The number of benzene rings is 1. The fraction of sp³-hybridized carbons (Fsp3) is 0.571. The molecule has 1 aromatic rings. The number of hydrogen-bond donors (Lipinski definition) is 1. The monoisotopic (exact) mass is 392 g/mol. The molecule has 0 aromatic heterocycles. The first kappa shape index (κ1) is 17.5. The SMILES string of the molecule is CNCC1CCN(S(=O)(=O)c2cc(OC)c(OC)cc2Br)C1. The van der Waals surface area contributed by atoms with Crippen LogP contribution in [0.5, 0.6) is 11.5 Å². The zero-order valence-corrected chi connectivity index (χ0v) is 15.3. The standard InChI is InChI=1S/C14H21BrN2O4S/c1-16-8-10-4-5-17(9-10)22(18,19)14-7-13(21-3)12(20-2)6-11(14)15/h6-7,10,16H,4-5,8-9H2,1-3H3. The molecule has 1 aliphatic heterocycles. The number of nitrogens with one attached hydrogen (secondary N) is 1. The van der Waals surface area contributed by atoms with E-state index in [4.69, 9.17) is 9.47 Å². The molecule has 1 aliphatic rings. The molecule has 124 valence electrons. The Labute approximate surface area is 140 Å². The Kier molecular flexibility index (Phi) is 5.70. The Hall–Kier alpha value is -0.830. The number of hydrogen-bond acceptors (Lipinski definition) is 5. The molecular weight excluding hydrogens is 372 g/mol. The van der Waals surface area contributed by atoms with E-state index in [9.17, 15) is 8.42 Å². The van der Waals surface area contributed by atoms with Gasteiger partial charge in [-0.15, -0.1) is 0 Å². The van der Waals surface area contributed by atoms with Gasteiger partial charge in [-0.25, -0.2) is 8.42 Å². The predicted molar refractivity (Wildman–Crippen MR) is 88.0 cm³/mol. The van der Waals surface area contributed by atoms with Crippen molar-refractivity contribution in [3.05, 3.63) is 16.6 Å². The van der Waals surface area contributed by atoms with E-state index >= 15 is 0 Å². The quantitative estimate of drug-likeness (QED) is 0.797. The van der Waals surface area contributed by atoms with Crippen molar-refractivity contribution in [2.24, 2.45) is 5.92 Å². The average molecular weight is 393 g/mol. The van der Waals surface area contributed by atoms with E-state index in [0.29, 0.717) is 35.0 Å². The molecule has 8 heteroatoms. The molecule has 1 atom stereocenters. The van der Waals surface area contributed by atoms with Gasteiger partial charge in [0.15, 0.2) is 11.5 Å². The first-order chi connectivity index (χ1) is 10.4. The first-order valence-corrected chi connectivity index (χ1v) is 9.23. The fourth-order valence-electron chi connectivity index (χ4n) is 2.64. The van der Waals surface area contributed by atoms with Crippen LogP contribution in [0.15, 0.2) is 21.5 Å². The maximum atomic E-state index is 12.9. The number of methoxy groups -OCH3 is 2. The lowest BCUT2D eigenvalue weighted by atomic mass is 10.1. The molecular formula is C14H21BrN2O4S. The van der Waals surface area contributed by atoms with Crippen molar-refractivity contribution in [1.82, 2.24) is 9.62 Å². The molecule has 0 bridgehead atoms. The summed E-state index contributed by atoms with van der Waals surface area (Å²) in [5.74, 6) is 1.23. The molecule has 1 fully saturated rings. The minimum atomic E-state index is -3.56. The average Bonchev–Trinajstić information content (AvgIpc) is 2.96. The Morgan fingerprint density at radius 1 is 1.32 bits per heavy atom. The lowest BCUT2D eigenvalue weighted by molar-refractivity contribution is 0.353. The maximum absolute atomic E-state index is 12.9. The normalized spacial score (nSPS) is 19.4. The van der Waals surface area contributed by atoms with Gasteiger partial charge < -0.3 is 14.8 Å². The third-order valence-corrected chi connectivity index (χ3v) is 6.62. The summed E-state index contributed by atoms with van der Waals surface area (Å²) in [7, 11) is 1.32. The van der Waals surface area contributed by atoms with Crippen molar-refractivity contribution in [2.75, 3.05) is 40.9 Å². The van der Waals surface area contributed by atoms with Gasteiger partial charge in [-0.05, 0) is 47.9 Å². The summed E-state index contributed by atoms with van der Waals surface area (Å²) in [4.78, 5) is 0.204. The van der Waals surface area contributed by atoms with E-state index in [1.165, 1.54) is 24.6 Å². The molecule has 2 rings (SSSR count). The number of halogens is 1. The molecule has 0 radical (unpaired) electrons. The smallest absolute Gasteiger partial charge is 0.244 e. The van der Waals surface area contributed by atoms with Crippen LogP contribution in [0.2, 0.25) is 0 Å². The second-order valence-corrected chi connectivity index (χ2v) is 7.97. The van der Waals surface area contributed by atoms with Gasteiger partial charge in [0.25, 0.3) is 0 Å². The van der Waals surface area contributed by atoms with Crippen LogP contribution in [0.1, 0.15) is 6.42 Å². The molecule has 22 heavy (non-hydrogen) atoms. The Morgan fingerprint density at radius 3 is 2.55 bits per heavy atom. The van der Waals surface area contributed by atoms with Crippen LogP contribution >= 0.6 is 15.9 Å². The van der Waals surface area contributed by atoms with Gasteiger partial charge in [0.1, 0.15) is 4.90 Å². The van der Waals surface area contributed by atoms with Crippen molar-refractivity contribution in [2.45, 2.75) is 11.3 Å². The molecule has 1 aromatic carbocycles. The zero-order valence-electron chi connectivity index (χ0n) is 12.9. The van der Waals surface area contributed by atoms with Gasteiger partial charge in [-0.2, -0.15) is 4.31 Å². The van der Waals surface area contributed by atoms with Crippen molar-refractivity contribution >= 4 is 26.0 Å². The summed E-state index contributed by atoms with van der Waals surface area (Å²) >= 11 is 3.33. The summed E-state index contributed by atoms with van der Waals surface area (Å²) in [5.41, 5.74) is 0. The van der Waals surface area contributed by atoms with Crippen LogP contribution in [0, 0.1) is 5.92 Å². The van der Waals surface area contributed by atoms with Crippen LogP contribution in [0.25, 0.3) is 0 Å². The van der Waals surface area contributed by atoms with E-state index in [2.05, 4.69) is 21.2 Å². The zero-order chi connectivity index (χ0) is 16.3. The molecule has 0 spiro atoms. The predicted octanol–water partition coefficient (Wildman–Crippen LogP) is 1.70. The van der Waals surface area contributed by atoms with E-state index in [1.54, 1.807) is 6.07 Å². The van der Waals surface area contributed by atoms with Crippen molar-refractivity contribution in [3.8, 4) is 11.5 Å². The van der Waals surface area contributed by atoms with E-state index < -0.39 is 10.0 Å². The molecule has 1 N–H and O–H groups in total. The highest BCUT2D eigenvalue weighted by Gasteiger charge is 2.34. The highest BCUT2D eigenvalue weighted by molar-refractivity contribution is 9.10. The van der Waals surface area contributed by atoms with Gasteiger partial charge in [-0.3, -0.25) is 0 Å². The van der Waals surface area contributed by atoms with Crippen LogP contribution in [-0.2, 0) is 10.0 Å². The number of nitrogens with zero attached hydrogens (tertiary/aromatic N) is 1. The van der Waals surface area contributed by atoms with Crippen LogP contribution < -0.4 is 14.8 Å². The van der Waals surface area contributed by atoms with Crippen LogP contribution in [-0.4, -0.2) is 53.6 Å². The second kappa shape index (κ2) is 7.16. The molecule has 6 nitrogen and oxygen atoms in total. The first-order valence-electron chi connectivity index (χ1n) is 7.00. The second-order valence-electron chi connectivity index (χ2n) is 5.21. The van der Waals surface area contributed by atoms with Gasteiger partial charge >= 0.3 is 0 Å². The topological polar surface area (TPSA) is 67.9 Å². The minimum Gasteiger partial charge on any atom is -0.493 e. The molecule has 0 saturated carbocycles. The van der Waals surface area contributed by atoms with Gasteiger partial charge in [0.2, 0.25) is 10.0 Å². The third-order valence-electron chi connectivity index (χ3n) is 3.80. The molecule has 1 saturated heterocycles. The highest BCUT2D eigenvalue weighted by Crippen LogP contribution is 2.37. The largest absolute Gasteiger partial charge is 0.493 e. The Morgan fingerprint density at radius 2 is 1.95 bits per heavy atom. The molecule has 1 unspecified atom stereocenters. The van der Waals surface area contributed by atoms with Gasteiger partial charge in [0, 0.05) is 23.6 Å². The maximum Gasteiger partial charge on any atom is 0.244 e. The lowest BCUT2D eigenvalue weighted by Crippen LogP contribution is -2.30.